The van der Waals surface area contributed by atoms with E-state index in [1.165, 1.54) is 34.9 Å². The van der Waals surface area contributed by atoms with E-state index in [1.807, 2.05) is 0 Å². The molecule has 39 heavy (non-hydrogen) atoms. The molecular formula is C25H34N4O8S2. The van der Waals surface area contributed by atoms with Crippen molar-refractivity contribution in [1.82, 2.24) is 15.2 Å². The molecule has 214 valence electrons. The molecule has 3 heterocycles. The van der Waals surface area contributed by atoms with E-state index >= 15 is 0 Å². The van der Waals surface area contributed by atoms with E-state index in [0.29, 0.717) is 28.9 Å². The Morgan fingerprint density at radius 2 is 1.97 bits per heavy atom. The van der Waals surface area contributed by atoms with Crippen LogP contribution in [0.15, 0.2) is 16.7 Å². The topological polar surface area (TPSA) is 167 Å². The molecule has 1 saturated heterocycles. The molecule has 0 radical (unpaired) electrons. The van der Waals surface area contributed by atoms with Crippen LogP contribution in [0.25, 0.3) is 0 Å². The number of nitrogens with one attached hydrogen (secondary N) is 1. The Balaban J connectivity index is 1.72. The third-order valence-corrected chi connectivity index (χ3v) is 8.33. The molecule has 3 N–H and O–H groups in total. The summed E-state index contributed by atoms with van der Waals surface area (Å²) in [5.74, 6) is -2.23. The van der Waals surface area contributed by atoms with Crippen molar-refractivity contribution in [2.24, 2.45) is 5.92 Å². The number of aromatic nitrogens is 1. The minimum absolute atomic E-state index is 0.0394. The number of carbonyl (C=O) groups is 5. The Labute approximate surface area is 235 Å². The van der Waals surface area contributed by atoms with Gasteiger partial charge in [-0.15, -0.1) is 23.1 Å². The highest BCUT2D eigenvalue weighted by molar-refractivity contribution is 8.00. The summed E-state index contributed by atoms with van der Waals surface area (Å²) in [5, 5.41) is 4.16. The fourth-order valence-electron chi connectivity index (χ4n) is 4.03. The lowest BCUT2D eigenvalue weighted by Crippen LogP contribution is -2.70. The van der Waals surface area contributed by atoms with Gasteiger partial charge in [-0.2, -0.15) is 0 Å². The van der Waals surface area contributed by atoms with E-state index in [0.717, 1.165) is 12.8 Å². The smallest absolute Gasteiger partial charge is 0.357 e. The van der Waals surface area contributed by atoms with E-state index in [1.54, 1.807) is 12.3 Å². The predicted molar refractivity (Wildman–Crippen MR) is 144 cm³/mol. The molecular weight excluding hydrogens is 548 g/mol. The molecule has 0 saturated carbocycles. The number of nitrogens with zero attached hydrogens (tertiary/aromatic N) is 2. The standard InChI is InChI=1S/C25H34N4O8S2/c1-5-15(6-2)9-35-14(4)37-24(34)21-16(10-36-19(32)7-13(3)30)11-38-23-20(22(33)29(21)23)28-18(31)8-17-12-39-25(26)27-17/h12,14-15,20,23H,5-11H2,1-4H3,(H2,26,27)(H,28,31)/t14?,20-,23-/m1/s1. The van der Waals surface area contributed by atoms with Crippen molar-refractivity contribution >= 4 is 57.8 Å². The van der Waals surface area contributed by atoms with Gasteiger partial charge in [0.05, 0.1) is 18.7 Å². The average Bonchev–Trinajstić information content (AvgIpc) is 3.29. The zero-order valence-corrected chi connectivity index (χ0v) is 24.0. The quantitative estimate of drug-likeness (QED) is 0.142. The fourth-order valence-corrected chi connectivity index (χ4v) is 5.92. The maximum Gasteiger partial charge on any atom is 0.357 e. The maximum atomic E-state index is 13.3. The number of carbonyl (C=O) groups excluding carboxylic acids is 5. The number of ketones is 1. The number of Topliss-reactive ketones (excluding diaryl/α,β-unsaturated/α-hetero) is 1. The van der Waals surface area contributed by atoms with Crippen LogP contribution in [0.4, 0.5) is 5.13 Å². The van der Waals surface area contributed by atoms with Gasteiger partial charge >= 0.3 is 11.9 Å². The van der Waals surface area contributed by atoms with Crippen LogP contribution in [-0.2, 0) is 44.6 Å². The van der Waals surface area contributed by atoms with Gasteiger partial charge < -0.3 is 25.3 Å². The van der Waals surface area contributed by atoms with Crippen LogP contribution in [-0.4, -0.2) is 76.1 Å². The second-order valence-electron chi connectivity index (χ2n) is 9.29. The van der Waals surface area contributed by atoms with Crippen LogP contribution in [0.2, 0.25) is 0 Å². The molecule has 1 fully saturated rings. The van der Waals surface area contributed by atoms with E-state index < -0.39 is 47.9 Å². The van der Waals surface area contributed by atoms with Crippen LogP contribution < -0.4 is 11.1 Å². The molecule has 3 atom stereocenters. The van der Waals surface area contributed by atoms with Crippen LogP contribution in [0, 0.1) is 5.92 Å². The summed E-state index contributed by atoms with van der Waals surface area (Å²) >= 11 is 2.53. The summed E-state index contributed by atoms with van der Waals surface area (Å²) in [7, 11) is 0. The summed E-state index contributed by atoms with van der Waals surface area (Å²) in [6, 6.07) is -0.855. The summed E-state index contributed by atoms with van der Waals surface area (Å²) < 4.78 is 16.4. The molecule has 0 aliphatic carbocycles. The van der Waals surface area contributed by atoms with E-state index in [4.69, 9.17) is 19.9 Å². The van der Waals surface area contributed by atoms with Crippen molar-refractivity contribution in [3.8, 4) is 0 Å². The van der Waals surface area contributed by atoms with E-state index in [2.05, 4.69) is 24.1 Å². The second-order valence-corrected chi connectivity index (χ2v) is 11.3. The molecule has 12 nitrogen and oxygen atoms in total. The van der Waals surface area contributed by atoms with Gasteiger partial charge in [0, 0.05) is 16.7 Å². The van der Waals surface area contributed by atoms with Gasteiger partial charge in [0.1, 0.15) is 35.9 Å². The number of hydrogen-bond acceptors (Lipinski definition) is 12. The monoisotopic (exact) mass is 582 g/mol. The molecule has 14 heteroatoms. The third-order valence-electron chi connectivity index (χ3n) is 6.26. The predicted octanol–water partition coefficient (Wildman–Crippen LogP) is 1.79. The van der Waals surface area contributed by atoms with E-state index in [-0.39, 0.29) is 30.3 Å². The zero-order chi connectivity index (χ0) is 28.7. The number of β-lactam (4-membered cyclic amide) rings is 1. The molecule has 1 aromatic rings. The number of esters is 2. The summed E-state index contributed by atoms with van der Waals surface area (Å²) in [4.78, 5) is 67.5. The van der Waals surface area contributed by atoms with E-state index in [9.17, 15) is 24.0 Å². The van der Waals surface area contributed by atoms with Crippen molar-refractivity contribution < 1.29 is 38.2 Å². The number of thioether (sulfide) groups is 1. The number of anilines is 1. The second kappa shape index (κ2) is 13.9. The minimum atomic E-state index is -0.877. The summed E-state index contributed by atoms with van der Waals surface area (Å²) in [5.41, 5.74) is 6.43. The highest BCUT2D eigenvalue weighted by Crippen LogP contribution is 2.41. The highest BCUT2D eigenvalue weighted by Gasteiger charge is 2.54. The minimum Gasteiger partial charge on any atom is -0.461 e. The van der Waals surface area contributed by atoms with Gasteiger partial charge in [0.15, 0.2) is 5.13 Å². The highest BCUT2D eigenvalue weighted by atomic mass is 32.2. The van der Waals surface area contributed by atoms with Gasteiger partial charge in [-0.05, 0) is 19.8 Å². The summed E-state index contributed by atoms with van der Waals surface area (Å²) in [6.07, 6.45) is 0.523. The first kappa shape index (κ1) is 30.6. The first-order chi connectivity index (χ1) is 18.5. The molecule has 0 spiro atoms. The van der Waals surface area contributed by atoms with Gasteiger partial charge in [0.2, 0.25) is 12.2 Å². The average molecular weight is 583 g/mol. The number of fused-ring (bicyclic) bond motifs is 1. The first-order valence-electron chi connectivity index (χ1n) is 12.7. The number of amides is 2. The lowest BCUT2D eigenvalue weighted by molar-refractivity contribution is -0.177. The molecule has 0 bridgehead atoms. The van der Waals surface area contributed by atoms with Crippen LogP contribution >= 0.6 is 23.1 Å². The van der Waals surface area contributed by atoms with Gasteiger partial charge in [-0.25, -0.2) is 9.78 Å². The number of nitrogens with two attached hydrogens (primary N) is 1. The van der Waals surface area contributed by atoms with Crippen molar-refractivity contribution in [2.45, 2.75) is 71.1 Å². The zero-order valence-electron chi connectivity index (χ0n) is 22.4. The number of nitrogen functional groups attached to an aromatic ring is 1. The van der Waals surface area contributed by atoms with Crippen molar-refractivity contribution in [2.75, 3.05) is 24.7 Å². The van der Waals surface area contributed by atoms with Gasteiger partial charge in [-0.3, -0.25) is 24.1 Å². The largest absolute Gasteiger partial charge is 0.461 e. The Morgan fingerprint density at radius 1 is 1.26 bits per heavy atom. The molecule has 0 aromatic carbocycles. The molecule has 3 rings (SSSR count). The molecule has 1 aromatic heterocycles. The Bertz CT molecular complexity index is 1130. The Morgan fingerprint density at radius 3 is 2.59 bits per heavy atom. The van der Waals surface area contributed by atoms with Crippen molar-refractivity contribution in [3.05, 3.63) is 22.3 Å². The normalized spacial score (nSPS) is 19.3. The summed E-state index contributed by atoms with van der Waals surface area (Å²) in [6.45, 7) is 7.09. The van der Waals surface area contributed by atoms with Crippen LogP contribution in [0.1, 0.15) is 52.7 Å². The third kappa shape index (κ3) is 8.02. The number of rotatable bonds is 14. The molecule has 2 amide bonds. The van der Waals surface area contributed by atoms with Crippen molar-refractivity contribution in [1.29, 1.82) is 0 Å². The maximum absolute atomic E-state index is 13.3. The van der Waals surface area contributed by atoms with Gasteiger partial charge in [0.25, 0.3) is 5.91 Å². The Kier molecular flexibility index (Phi) is 10.9. The van der Waals surface area contributed by atoms with Crippen LogP contribution in [0.3, 0.4) is 0 Å². The number of hydrogen-bond donors (Lipinski definition) is 2. The molecule has 1 unspecified atom stereocenters. The lowest BCUT2D eigenvalue weighted by Gasteiger charge is -2.49. The fraction of sp³-hybridized carbons (Fsp3) is 0.600. The number of thiazole rings is 1. The molecule has 2 aliphatic heterocycles. The van der Waals surface area contributed by atoms with Crippen molar-refractivity contribution in [3.63, 3.8) is 0 Å². The van der Waals surface area contributed by atoms with Crippen LogP contribution in [0.5, 0.6) is 0 Å². The SMILES string of the molecule is CCC(CC)COC(C)OC(=O)C1=C(COC(=O)CC(C)=O)CS[C@@H]2[C@H](NC(=O)Cc3csc(N)n3)C(=O)N12. The first-order valence-corrected chi connectivity index (χ1v) is 14.6. The Hall–Kier alpha value is -2.97. The molecule has 2 aliphatic rings. The lowest BCUT2D eigenvalue weighted by atomic mass is 10.0. The van der Waals surface area contributed by atoms with Gasteiger partial charge in [-0.1, -0.05) is 26.7 Å². The number of ether oxygens (including phenoxy) is 3.